The molecule has 3 rings (SSSR count). The summed E-state index contributed by atoms with van der Waals surface area (Å²) in [7, 11) is 0.988. The smallest absolute Gasteiger partial charge is 0.264 e. The molecular formula is C25H28N2O6S. The van der Waals surface area contributed by atoms with Gasteiger partial charge in [-0.15, -0.1) is 0 Å². The second kappa shape index (κ2) is 11.4. The number of anilines is 1. The van der Waals surface area contributed by atoms with Gasteiger partial charge in [-0.25, -0.2) is 8.42 Å². The van der Waals surface area contributed by atoms with Crippen molar-refractivity contribution in [1.82, 2.24) is 5.32 Å². The normalized spacial score (nSPS) is 10.9. The molecule has 0 bridgehead atoms. The summed E-state index contributed by atoms with van der Waals surface area (Å²) in [5.74, 6) is 1.50. The van der Waals surface area contributed by atoms with Gasteiger partial charge in [0.25, 0.3) is 15.9 Å². The highest BCUT2D eigenvalue weighted by Gasteiger charge is 2.20. The predicted molar refractivity (Wildman–Crippen MR) is 130 cm³/mol. The summed E-state index contributed by atoms with van der Waals surface area (Å²) in [4.78, 5) is 12.3. The zero-order valence-electron chi connectivity index (χ0n) is 19.4. The van der Waals surface area contributed by atoms with Gasteiger partial charge in [0.05, 0.1) is 24.8 Å². The Bertz CT molecular complexity index is 1200. The molecule has 180 valence electrons. The molecular weight excluding hydrogens is 456 g/mol. The summed E-state index contributed by atoms with van der Waals surface area (Å²) in [6.07, 6.45) is 0.628. The van der Waals surface area contributed by atoms with Crippen molar-refractivity contribution < 1.29 is 27.4 Å². The molecule has 3 aromatic rings. The average molecular weight is 485 g/mol. The van der Waals surface area contributed by atoms with Crippen LogP contribution in [0.25, 0.3) is 0 Å². The van der Waals surface area contributed by atoms with E-state index in [1.54, 1.807) is 68.8 Å². The zero-order chi connectivity index (χ0) is 24.6. The summed E-state index contributed by atoms with van der Waals surface area (Å²) in [6, 6.07) is 20.3. The van der Waals surface area contributed by atoms with Gasteiger partial charge in [0, 0.05) is 13.6 Å². The van der Waals surface area contributed by atoms with E-state index in [1.165, 1.54) is 11.4 Å². The van der Waals surface area contributed by atoms with Crippen molar-refractivity contribution in [2.24, 2.45) is 0 Å². The minimum absolute atomic E-state index is 0.149. The van der Waals surface area contributed by atoms with Crippen molar-refractivity contribution in [3.05, 3.63) is 78.4 Å². The fourth-order valence-electron chi connectivity index (χ4n) is 3.22. The van der Waals surface area contributed by atoms with Crippen LogP contribution in [0.3, 0.4) is 0 Å². The minimum atomic E-state index is -3.66. The Morgan fingerprint density at radius 3 is 2.24 bits per heavy atom. The molecule has 8 nitrogen and oxygen atoms in total. The van der Waals surface area contributed by atoms with Gasteiger partial charge in [-0.2, -0.15) is 0 Å². The van der Waals surface area contributed by atoms with E-state index >= 15 is 0 Å². The van der Waals surface area contributed by atoms with Crippen LogP contribution in [0, 0.1) is 0 Å². The Morgan fingerprint density at radius 1 is 0.912 bits per heavy atom. The number of benzene rings is 3. The molecule has 0 unspecified atom stereocenters. The van der Waals surface area contributed by atoms with Gasteiger partial charge in [0.1, 0.15) is 5.75 Å². The molecule has 9 heteroatoms. The van der Waals surface area contributed by atoms with Gasteiger partial charge >= 0.3 is 0 Å². The second-order valence-corrected chi connectivity index (χ2v) is 9.33. The number of rotatable bonds is 11. The standard InChI is InChI=1S/C25H28N2O6S/c1-27(34(29,30)22-7-5-4-6-8-22)20-10-12-21(13-11-20)33-18-25(28)26-16-15-19-9-14-23(31-2)24(17-19)32-3/h4-14,17H,15-16,18H2,1-3H3,(H,26,28). The number of ether oxygens (including phenoxy) is 3. The molecule has 0 saturated carbocycles. The highest BCUT2D eigenvalue weighted by Crippen LogP contribution is 2.27. The van der Waals surface area contributed by atoms with E-state index < -0.39 is 10.0 Å². The monoisotopic (exact) mass is 484 g/mol. The Labute approximate surface area is 200 Å². The SMILES string of the molecule is COc1ccc(CCNC(=O)COc2ccc(N(C)S(=O)(=O)c3ccccc3)cc2)cc1OC. The van der Waals surface area contributed by atoms with Gasteiger partial charge < -0.3 is 19.5 Å². The molecule has 0 aliphatic rings. The zero-order valence-corrected chi connectivity index (χ0v) is 20.2. The fraction of sp³-hybridized carbons (Fsp3) is 0.240. The summed E-state index contributed by atoms with van der Waals surface area (Å²) in [5, 5.41) is 2.81. The molecule has 0 saturated heterocycles. The highest BCUT2D eigenvalue weighted by atomic mass is 32.2. The number of nitrogens with one attached hydrogen (secondary N) is 1. The molecule has 3 aromatic carbocycles. The third kappa shape index (κ3) is 6.20. The van der Waals surface area contributed by atoms with Crippen LogP contribution >= 0.6 is 0 Å². The van der Waals surface area contributed by atoms with Crippen molar-refractivity contribution in [3.63, 3.8) is 0 Å². The lowest BCUT2D eigenvalue weighted by atomic mass is 10.1. The van der Waals surface area contributed by atoms with Crippen molar-refractivity contribution >= 4 is 21.6 Å². The predicted octanol–water partition coefficient (Wildman–Crippen LogP) is 3.27. The second-order valence-electron chi connectivity index (χ2n) is 7.36. The molecule has 34 heavy (non-hydrogen) atoms. The molecule has 0 heterocycles. The van der Waals surface area contributed by atoms with E-state index in [2.05, 4.69) is 5.32 Å². The molecule has 0 aliphatic carbocycles. The van der Waals surface area contributed by atoms with E-state index in [-0.39, 0.29) is 17.4 Å². The Morgan fingerprint density at radius 2 is 1.59 bits per heavy atom. The van der Waals surface area contributed by atoms with Crippen LogP contribution in [-0.2, 0) is 21.2 Å². The summed E-state index contributed by atoms with van der Waals surface area (Å²) < 4.78 is 42.7. The molecule has 0 radical (unpaired) electrons. The van der Waals surface area contributed by atoms with Gasteiger partial charge in [0.15, 0.2) is 18.1 Å². The number of sulfonamides is 1. The molecule has 0 aliphatic heterocycles. The van der Waals surface area contributed by atoms with Crippen molar-refractivity contribution in [2.45, 2.75) is 11.3 Å². The number of hydrogen-bond acceptors (Lipinski definition) is 6. The lowest BCUT2D eigenvalue weighted by Gasteiger charge is -2.19. The molecule has 0 fully saturated rings. The van der Waals surface area contributed by atoms with Crippen LogP contribution in [0.15, 0.2) is 77.7 Å². The van der Waals surface area contributed by atoms with Gasteiger partial charge in [-0.05, 0) is 60.5 Å². The minimum Gasteiger partial charge on any atom is -0.493 e. The maximum atomic E-state index is 12.7. The maximum absolute atomic E-state index is 12.7. The first-order valence-corrected chi connectivity index (χ1v) is 12.0. The summed E-state index contributed by atoms with van der Waals surface area (Å²) in [5.41, 5.74) is 1.49. The quantitative estimate of drug-likeness (QED) is 0.449. The van der Waals surface area contributed by atoms with Crippen molar-refractivity contribution in [2.75, 3.05) is 38.7 Å². The molecule has 1 amide bonds. The number of carbonyl (C=O) groups is 1. The van der Waals surface area contributed by atoms with Crippen molar-refractivity contribution in [3.8, 4) is 17.2 Å². The third-order valence-electron chi connectivity index (χ3n) is 5.16. The van der Waals surface area contributed by atoms with Gasteiger partial charge in [-0.3, -0.25) is 9.10 Å². The van der Waals surface area contributed by atoms with Gasteiger partial charge in [-0.1, -0.05) is 24.3 Å². The largest absolute Gasteiger partial charge is 0.493 e. The van der Waals surface area contributed by atoms with Crippen LogP contribution < -0.4 is 23.8 Å². The molecule has 0 atom stereocenters. The molecule has 0 spiro atoms. The van der Waals surface area contributed by atoms with Gasteiger partial charge in [0.2, 0.25) is 0 Å². The lowest BCUT2D eigenvalue weighted by Crippen LogP contribution is -2.30. The Kier molecular flexibility index (Phi) is 8.37. The Balaban J connectivity index is 1.48. The van der Waals surface area contributed by atoms with Crippen LogP contribution in [0.2, 0.25) is 0 Å². The number of nitrogens with zero attached hydrogens (tertiary/aromatic N) is 1. The average Bonchev–Trinajstić information content (AvgIpc) is 2.87. The first-order chi connectivity index (χ1) is 16.3. The fourth-order valence-corrected chi connectivity index (χ4v) is 4.44. The third-order valence-corrected chi connectivity index (χ3v) is 6.96. The van der Waals surface area contributed by atoms with E-state index in [4.69, 9.17) is 14.2 Å². The summed E-state index contributed by atoms with van der Waals surface area (Å²) in [6.45, 7) is 0.294. The molecule has 1 N–H and O–H groups in total. The summed E-state index contributed by atoms with van der Waals surface area (Å²) >= 11 is 0. The number of hydrogen-bond donors (Lipinski definition) is 1. The number of carbonyl (C=O) groups excluding carboxylic acids is 1. The van der Waals surface area contributed by atoms with Crippen LogP contribution in [0.5, 0.6) is 17.2 Å². The van der Waals surface area contributed by atoms with E-state index in [0.717, 1.165) is 5.56 Å². The maximum Gasteiger partial charge on any atom is 0.264 e. The first kappa shape index (κ1) is 24.9. The van der Waals surface area contributed by atoms with E-state index in [0.29, 0.717) is 35.9 Å². The topological polar surface area (TPSA) is 94.2 Å². The highest BCUT2D eigenvalue weighted by molar-refractivity contribution is 7.92. The number of methoxy groups -OCH3 is 2. The van der Waals surface area contributed by atoms with Crippen LogP contribution in [0.4, 0.5) is 5.69 Å². The lowest BCUT2D eigenvalue weighted by molar-refractivity contribution is -0.123. The van der Waals surface area contributed by atoms with Crippen molar-refractivity contribution in [1.29, 1.82) is 0 Å². The van der Waals surface area contributed by atoms with Crippen LogP contribution in [-0.4, -0.2) is 48.7 Å². The molecule has 0 aromatic heterocycles. The Hall–Kier alpha value is -3.72. The number of amides is 1. The first-order valence-electron chi connectivity index (χ1n) is 10.6. The van der Waals surface area contributed by atoms with E-state index in [9.17, 15) is 13.2 Å². The van der Waals surface area contributed by atoms with E-state index in [1.807, 2.05) is 18.2 Å². The van der Waals surface area contributed by atoms with Crippen LogP contribution in [0.1, 0.15) is 5.56 Å².